The largest absolute Gasteiger partial charge is 0.356 e. The van der Waals surface area contributed by atoms with Crippen LogP contribution < -0.4 is 5.32 Å². The number of aryl methyl sites for hydroxylation is 1. The van der Waals surface area contributed by atoms with Gasteiger partial charge < -0.3 is 9.88 Å². The lowest BCUT2D eigenvalue weighted by atomic mass is 10.2. The fourth-order valence-corrected chi connectivity index (χ4v) is 1.84. The maximum atomic E-state index is 11.3. The van der Waals surface area contributed by atoms with Gasteiger partial charge in [-0.15, -0.1) is 0 Å². The molecule has 3 nitrogen and oxygen atoms in total. The first-order chi connectivity index (χ1) is 7.56. The maximum Gasteiger partial charge on any atom is 0.219 e. The SMILES string of the molecule is CCCC(=O)NCCc1cc(C)n(C)c1C. The number of rotatable bonds is 5. The van der Waals surface area contributed by atoms with E-state index in [0.29, 0.717) is 6.42 Å². The molecule has 0 aliphatic heterocycles. The van der Waals surface area contributed by atoms with Gasteiger partial charge >= 0.3 is 0 Å². The monoisotopic (exact) mass is 222 g/mol. The predicted octanol–water partition coefficient (Wildman–Crippen LogP) is 2.10. The molecule has 1 N–H and O–H groups in total. The first kappa shape index (κ1) is 12.8. The zero-order chi connectivity index (χ0) is 12.1. The van der Waals surface area contributed by atoms with Gasteiger partial charge in [-0.3, -0.25) is 4.79 Å². The third-order valence-corrected chi connectivity index (χ3v) is 3.07. The van der Waals surface area contributed by atoms with Crippen LogP contribution in [0.5, 0.6) is 0 Å². The molecule has 0 saturated heterocycles. The molecule has 0 fully saturated rings. The number of nitrogens with zero attached hydrogens (tertiary/aromatic N) is 1. The van der Waals surface area contributed by atoms with Crippen LogP contribution in [-0.2, 0) is 18.3 Å². The molecule has 1 amide bonds. The second-order valence-corrected chi connectivity index (χ2v) is 4.31. The Balaban J connectivity index is 2.43. The molecule has 0 spiro atoms. The Hall–Kier alpha value is -1.25. The summed E-state index contributed by atoms with van der Waals surface area (Å²) in [6.45, 7) is 6.98. The smallest absolute Gasteiger partial charge is 0.219 e. The summed E-state index contributed by atoms with van der Waals surface area (Å²) in [6.07, 6.45) is 2.46. The van der Waals surface area contributed by atoms with Crippen LogP contribution in [-0.4, -0.2) is 17.0 Å². The van der Waals surface area contributed by atoms with Gasteiger partial charge in [0.1, 0.15) is 0 Å². The van der Waals surface area contributed by atoms with Gasteiger partial charge in [-0.2, -0.15) is 0 Å². The maximum absolute atomic E-state index is 11.3. The normalized spacial score (nSPS) is 10.5. The zero-order valence-electron chi connectivity index (χ0n) is 10.8. The highest BCUT2D eigenvalue weighted by Gasteiger charge is 2.06. The van der Waals surface area contributed by atoms with Gasteiger partial charge in [0.2, 0.25) is 5.91 Å². The molecule has 16 heavy (non-hydrogen) atoms. The summed E-state index contributed by atoms with van der Waals surface area (Å²) >= 11 is 0. The molecular formula is C13H22N2O. The van der Waals surface area contributed by atoms with Crippen LogP contribution in [0.2, 0.25) is 0 Å². The molecule has 0 aliphatic carbocycles. The third-order valence-electron chi connectivity index (χ3n) is 3.07. The Labute approximate surface area is 97.8 Å². The number of nitrogens with one attached hydrogen (secondary N) is 1. The van der Waals surface area contributed by atoms with Gasteiger partial charge in [-0.1, -0.05) is 6.92 Å². The Morgan fingerprint density at radius 2 is 2.12 bits per heavy atom. The molecule has 90 valence electrons. The van der Waals surface area contributed by atoms with E-state index >= 15 is 0 Å². The van der Waals surface area contributed by atoms with E-state index in [1.54, 1.807) is 0 Å². The van der Waals surface area contributed by atoms with Gasteiger partial charge in [0, 0.05) is 31.4 Å². The lowest BCUT2D eigenvalue weighted by Crippen LogP contribution is -2.25. The lowest BCUT2D eigenvalue weighted by Gasteiger charge is -2.05. The molecule has 0 unspecified atom stereocenters. The highest BCUT2D eigenvalue weighted by molar-refractivity contribution is 5.75. The first-order valence-corrected chi connectivity index (χ1v) is 5.94. The summed E-state index contributed by atoms with van der Waals surface area (Å²) < 4.78 is 2.18. The van der Waals surface area contributed by atoms with Crippen LogP contribution in [0.1, 0.15) is 36.7 Å². The molecule has 1 rings (SSSR count). The Bertz CT molecular complexity index is 366. The van der Waals surface area contributed by atoms with Crippen molar-refractivity contribution in [3.8, 4) is 0 Å². The van der Waals surface area contributed by atoms with E-state index in [-0.39, 0.29) is 5.91 Å². The molecule has 3 heteroatoms. The summed E-state index contributed by atoms with van der Waals surface area (Å²) in [6, 6.07) is 2.20. The van der Waals surface area contributed by atoms with E-state index in [4.69, 9.17) is 0 Å². The number of carbonyl (C=O) groups excluding carboxylic acids is 1. The molecular weight excluding hydrogens is 200 g/mol. The Morgan fingerprint density at radius 1 is 1.44 bits per heavy atom. The molecule has 0 saturated carbocycles. The second-order valence-electron chi connectivity index (χ2n) is 4.31. The van der Waals surface area contributed by atoms with Gasteiger partial charge in [-0.05, 0) is 38.3 Å². The van der Waals surface area contributed by atoms with Crippen LogP contribution >= 0.6 is 0 Å². The summed E-state index contributed by atoms with van der Waals surface area (Å²) in [5.41, 5.74) is 3.89. The van der Waals surface area contributed by atoms with Crippen molar-refractivity contribution >= 4 is 5.91 Å². The van der Waals surface area contributed by atoms with E-state index in [2.05, 4.69) is 36.8 Å². The molecule has 0 aromatic carbocycles. The summed E-state index contributed by atoms with van der Waals surface area (Å²) in [5.74, 6) is 0.160. The second kappa shape index (κ2) is 5.73. The average molecular weight is 222 g/mol. The standard InChI is InChI=1S/C13H22N2O/c1-5-6-13(16)14-8-7-12-9-10(2)15(4)11(12)3/h9H,5-8H2,1-4H3,(H,14,16). The van der Waals surface area contributed by atoms with Gasteiger partial charge in [0.25, 0.3) is 0 Å². The summed E-state index contributed by atoms with van der Waals surface area (Å²) in [5, 5.41) is 2.94. The molecule has 1 heterocycles. The minimum Gasteiger partial charge on any atom is -0.356 e. The van der Waals surface area contributed by atoms with Crippen molar-refractivity contribution in [1.29, 1.82) is 0 Å². The van der Waals surface area contributed by atoms with Crippen molar-refractivity contribution in [2.75, 3.05) is 6.54 Å². The number of hydrogen-bond donors (Lipinski definition) is 1. The molecule has 1 aromatic rings. The fourth-order valence-electron chi connectivity index (χ4n) is 1.84. The van der Waals surface area contributed by atoms with Crippen molar-refractivity contribution in [1.82, 2.24) is 9.88 Å². The third kappa shape index (κ3) is 3.12. The van der Waals surface area contributed by atoms with Crippen LogP contribution in [0, 0.1) is 13.8 Å². The Kier molecular flexibility index (Phi) is 4.59. The quantitative estimate of drug-likeness (QED) is 0.813. The molecule has 0 aliphatic rings. The van der Waals surface area contributed by atoms with E-state index in [1.165, 1.54) is 17.0 Å². The van der Waals surface area contributed by atoms with Crippen molar-refractivity contribution in [3.05, 3.63) is 23.0 Å². The number of carbonyl (C=O) groups is 1. The highest BCUT2D eigenvalue weighted by atomic mass is 16.1. The minimum absolute atomic E-state index is 0.160. The molecule has 0 bridgehead atoms. The van der Waals surface area contributed by atoms with Crippen LogP contribution in [0.15, 0.2) is 6.07 Å². The molecule has 0 atom stereocenters. The average Bonchev–Trinajstić information content (AvgIpc) is 2.47. The van der Waals surface area contributed by atoms with E-state index < -0.39 is 0 Å². The number of hydrogen-bond acceptors (Lipinski definition) is 1. The molecule has 0 radical (unpaired) electrons. The topological polar surface area (TPSA) is 34.0 Å². The van der Waals surface area contributed by atoms with Crippen LogP contribution in [0.25, 0.3) is 0 Å². The van der Waals surface area contributed by atoms with Crippen LogP contribution in [0.3, 0.4) is 0 Å². The van der Waals surface area contributed by atoms with Crippen LogP contribution in [0.4, 0.5) is 0 Å². The highest BCUT2D eigenvalue weighted by Crippen LogP contribution is 2.13. The summed E-state index contributed by atoms with van der Waals surface area (Å²) in [7, 11) is 2.07. The van der Waals surface area contributed by atoms with Crippen molar-refractivity contribution < 1.29 is 4.79 Å². The van der Waals surface area contributed by atoms with Gasteiger partial charge in [0.15, 0.2) is 0 Å². The minimum atomic E-state index is 0.160. The lowest BCUT2D eigenvalue weighted by molar-refractivity contribution is -0.121. The van der Waals surface area contributed by atoms with Crippen molar-refractivity contribution in [2.24, 2.45) is 7.05 Å². The number of amides is 1. The van der Waals surface area contributed by atoms with E-state index in [0.717, 1.165) is 19.4 Å². The Morgan fingerprint density at radius 3 is 2.62 bits per heavy atom. The first-order valence-electron chi connectivity index (χ1n) is 5.94. The van der Waals surface area contributed by atoms with E-state index in [1.807, 2.05) is 6.92 Å². The predicted molar refractivity (Wildman–Crippen MR) is 66.5 cm³/mol. The zero-order valence-corrected chi connectivity index (χ0v) is 10.8. The van der Waals surface area contributed by atoms with Crippen molar-refractivity contribution in [2.45, 2.75) is 40.0 Å². The number of aromatic nitrogens is 1. The molecule has 1 aromatic heterocycles. The van der Waals surface area contributed by atoms with Gasteiger partial charge in [-0.25, -0.2) is 0 Å². The van der Waals surface area contributed by atoms with E-state index in [9.17, 15) is 4.79 Å². The fraction of sp³-hybridized carbons (Fsp3) is 0.615. The summed E-state index contributed by atoms with van der Waals surface area (Å²) in [4.78, 5) is 11.3. The van der Waals surface area contributed by atoms with Crippen molar-refractivity contribution in [3.63, 3.8) is 0 Å². The van der Waals surface area contributed by atoms with Gasteiger partial charge in [0.05, 0.1) is 0 Å².